The molecule has 1 heterocycles. The van der Waals surface area contributed by atoms with Crippen molar-refractivity contribution in [3.05, 3.63) is 29.3 Å². The maximum atomic E-state index is 12.8. The van der Waals surface area contributed by atoms with Crippen molar-refractivity contribution in [2.75, 3.05) is 16.2 Å². The molecule has 2 rings (SSSR count). The van der Waals surface area contributed by atoms with Crippen LogP contribution in [0.3, 0.4) is 0 Å². The Hall–Kier alpha value is -1.71. The zero-order chi connectivity index (χ0) is 17.7. The molecule has 1 amide bonds. The third-order valence-corrected chi connectivity index (χ3v) is 6.38. The Balaban J connectivity index is 2.26. The fourth-order valence-electron chi connectivity index (χ4n) is 1.97. The molecule has 0 spiro atoms. The van der Waals surface area contributed by atoms with Crippen LogP contribution in [-0.2, 0) is 14.8 Å². The van der Waals surface area contributed by atoms with Crippen LogP contribution in [0, 0.1) is 0 Å². The summed E-state index contributed by atoms with van der Waals surface area (Å²) in [5.74, 6) is -0.220. The van der Waals surface area contributed by atoms with Gasteiger partial charge in [0.15, 0.2) is 0 Å². The van der Waals surface area contributed by atoms with Crippen LogP contribution in [0.2, 0.25) is 5.02 Å². The van der Waals surface area contributed by atoms with Crippen molar-refractivity contribution in [1.29, 1.82) is 0 Å². The molecule has 0 fully saturated rings. The van der Waals surface area contributed by atoms with Crippen LogP contribution in [0.5, 0.6) is 0 Å². The lowest BCUT2D eigenvalue weighted by Gasteiger charge is -2.21. The highest BCUT2D eigenvalue weighted by Crippen LogP contribution is 2.28. The number of carbonyl (C=O) groups excluding carboxylic acids is 1. The van der Waals surface area contributed by atoms with Gasteiger partial charge in [-0.3, -0.25) is 9.10 Å². The Bertz CT molecular complexity index is 806. The van der Waals surface area contributed by atoms with Gasteiger partial charge >= 0.3 is 0 Å². The van der Waals surface area contributed by atoms with E-state index in [0.29, 0.717) is 23.6 Å². The second kappa shape index (κ2) is 7.91. The first-order valence-electron chi connectivity index (χ1n) is 7.30. The van der Waals surface area contributed by atoms with Crippen LogP contribution in [0.25, 0.3) is 0 Å². The van der Waals surface area contributed by atoms with E-state index in [1.165, 1.54) is 4.31 Å². The molecule has 0 bridgehead atoms. The second-order valence-corrected chi connectivity index (χ2v) is 8.27. The van der Waals surface area contributed by atoms with E-state index >= 15 is 0 Å². The predicted molar refractivity (Wildman–Crippen MR) is 95.1 cm³/mol. The van der Waals surface area contributed by atoms with Gasteiger partial charge in [0, 0.05) is 18.0 Å². The standard InChI is InChI=1S/C14H17ClN4O3S2/c1-3-5-12(20)16-13-17-18-14(23-13)24(21,22)19(4-2)11-8-6-10(15)7-9-11/h6-9H,3-5H2,1-2H3,(H,16,17,20). The number of benzene rings is 1. The molecule has 24 heavy (non-hydrogen) atoms. The van der Waals surface area contributed by atoms with E-state index in [1.54, 1.807) is 31.2 Å². The molecule has 7 nitrogen and oxygen atoms in total. The number of anilines is 2. The van der Waals surface area contributed by atoms with Gasteiger partial charge in [0.05, 0.1) is 5.69 Å². The molecular formula is C14H17ClN4O3S2. The molecule has 10 heteroatoms. The van der Waals surface area contributed by atoms with Gasteiger partial charge < -0.3 is 5.32 Å². The van der Waals surface area contributed by atoms with Crippen molar-refractivity contribution in [1.82, 2.24) is 10.2 Å². The van der Waals surface area contributed by atoms with Crippen molar-refractivity contribution in [2.24, 2.45) is 0 Å². The molecule has 0 atom stereocenters. The quantitative estimate of drug-likeness (QED) is 0.735. The maximum Gasteiger partial charge on any atom is 0.293 e. The van der Waals surface area contributed by atoms with Gasteiger partial charge in [-0.15, -0.1) is 10.2 Å². The first-order valence-corrected chi connectivity index (χ1v) is 9.93. The SMILES string of the molecule is CCCC(=O)Nc1nnc(S(=O)(=O)N(CC)c2ccc(Cl)cc2)s1. The normalized spacial score (nSPS) is 11.3. The molecule has 0 aliphatic rings. The highest BCUT2D eigenvalue weighted by Gasteiger charge is 2.28. The summed E-state index contributed by atoms with van der Waals surface area (Å²) >= 11 is 6.67. The number of aromatic nitrogens is 2. The number of amides is 1. The van der Waals surface area contributed by atoms with E-state index in [1.807, 2.05) is 6.92 Å². The van der Waals surface area contributed by atoms with Crippen molar-refractivity contribution in [2.45, 2.75) is 31.0 Å². The first kappa shape index (κ1) is 18.6. The van der Waals surface area contributed by atoms with E-state index in [0.717, 1.165) is 11.3 Å². The Morgan fingerprint density at radius 2 is 1.92 bits per heavy atom. The van der Waals surface area contributed by atoms with Crippen molar-refractivity contribution >= 4 is 49.7 Å². The van der Waals surface area contributed by atoms with Gasteiger partial charge in [0.2, 0.25) is 11.0 Å². The highest BCUT2D eigenvalue weighted by molar-refractivity contribution is 7.94. The Labute approximate surface area is 149 Å². The summed E-state index contributed by atoms with van der Waals surface area (Å²) in [5.41, 5.74) is 0.480. The summed E-state index contributed by atoms with van der Waals surface area (Å²) < 4.78 is 26.6. The summed E-state index contributed by atoms with van der Waals surface area (Å²) in [6.45, 7) is 3.82. The summed E-state index contributed by atoms with van der Waals surface area (Å²) in [7, 11) is -3.86. The molecule has 0 saturated heterocycles. The van der Waals surface area contributed by atoms with Crippen molar-refractivity contribution in [3.63, 3.8) is 0 Å². The van der Waals surface area contributed by atoms with Crippen LogP contribution in [0.15, 0.2) is 28.6 Å². The summed E-state index contributed by atoms with van der Waals surface area (Å²) in [6.07, 6.45) is 1.03. The summed E-state index contributed by atoms with van der Waals surface area (Å²) in [6, 6.07) is 6.47. The summed E-state index contributed by atoms with van der Waals surface area (Å²) in [5, 5.41) is 10.7. The number of halogens is 1. The average molecular weight is 389 g/mol. The van der Waals surface area contributed by atoms with E-state index in [2.05, 4.69) is 15.5 Å². The number of sulfonamides is 1. The minimum Gasteiger partial charge on any atom is -0.301 e. The van der Waals surface area contributed by atoms with E-state index in [-0.39, 0.29) is 21.9 Å². The predicted octanol–water partition coefficient (Wildman–Crippen LogP) is 3.15. The molecule has 1 N–H and O–H groups in total. The van der Waals surface area contributed by atoms with Crippen LogP contribution >= 0.6 is 22.9 Å². The number of carbonyl (C=O) groups is 1. The van der Waals surface area contributed by atoms with Gasteiger partial charge in [-0.1, -0.05) is 29.9 Å². The van der Waals surface area contributed by atoms with Gasteiger partial charge in [0.25, 0.3) is 14.4 Å². The number of hydrogen-bond donors (Lipinski definition) is 1. The lowest BCUT2D eigenvalue weighted by molar-refractivity contribution is -0.116. The van der Waals surface area contributed by atoms with Gasteiger partial charge in [0.1, 0.15) is 0 Å². The average Bonchev–Trinajstić information content (AvgIpc) is 2.99. The van der Waals surface area contributed by atoms with Crippen molar-refractivity contribution in [3.8, 4) is 0 Å². The third kappa shape index (κ3) is 4.22. The van der Waals surface area contributed by atoms with Crippen LogP contribution < -0.4 is 9.62 Å². The molecule has 0 unspecified atom stereocenters. The topological polar surface area (TPSA) is 92.3 Å². The van der Waals surface area contributed by atoms with Gasteiger partial charge in [-0.05, 0) is 37.6 Å². The second-order valence-electron chi connectivity index (χ2n) is 4.82. The molecule has 2 aromatic rings. The van der Waals surface area contributed by atoms with Crippen LogP contribution in [0.4, 0.5) is 10.8 Å². The van der Waals surface area contributed by atoms with Crippen LogP contribution in [-0.4, -0.2) is 31.1 Å². The van der Waals surface area contributed by atoms with Crippen molar-refractivity contribution < 1.29 is 13.2 Å². The molecule has 1 aromatic heterocycles. The first-order chi connectivity index (χ1) is 11.4. The number of nitrogens with zero attached hydrogens (tertiary/aromatic N) is 3. The minimum atomic E-state index is -3.86. The molecule has 0 aliphatic heterocycles. The Kier molecular flexibility index (Phi) is 6.14. The van der Waals surface area contributed by atoms with Gasteiger partial charge in [-0.25, -0.2) is 0 Å². The molecule has 1 aromatic carbocycles. The fraction of sp³-hybridized carbons (Fsp3) is 0.357. The van der Waals surface area contributed by atoms with E-state index in [9.17, 15) is 13.2 Å². The largest absolute Gasteiger partial charge is 0.301 e. The molecular weight excluding hydrogens is 372 g/mol. The smallest absolute Gasteiger partial charge is 0.293 e. The van der Waals surface area contributed by atoms with Crippen LogP contribution in [0.1, 0.15) is 26.7 Å². The van der Waals surface area contributed by atoms with Gasteiger partial charge in [-0.2, -0.15) is 8.42 Å². The minimum absolute atomic E-state index is 0.166. The number of hydrogen-bond acceptors (Lipinski definition) is 6. The zero-order valence-corrected chi connectivity index (χ0v) is 15.6. The molecule has 130 valence electrons. The Morgan fingerprint density at radius 3 is 2.50 bits per heavy atom. The summed E-state index contributed by atoms with van der Waals surface area (Å²) in [4.78, 5) is 11.6. The molecule has 0 radical (unpaired) electrons. The Morgan fingerprint density at radius 1 is 1.25 bits per heavy atom. The third-order valence-electron chi connectivity index (χ3n) is 3.04. The highest BCUT2D eigenvalue weighted by atomic mass is 35.5. The van der Waals surface area contributed by atoms with E-state index < -0.39 is 10.0 Å². The molecule has 0 aliphatic carbocycles. The zero-order valence-electron chi connectivity index (χ0n) is 13.2. The number of nitrogens with one attached hydrogen (secondary N) is 1. The lowest BCUT2D eigenvalue weighted by atomic mass is 10.3. The molecule has 0 saturated carbocycles. The fourth-order valence-corrected chi connectivity index (χ4v) is 4.59. The van der Waals surface area contributed by atoms with E-state index in [4.69, 9.17) is 11.6 Å². The monoisotopic (exact) mass is 388 g/mol. The number of rotatable bonds is 7. The lowest BCUT2D eigenvalue weighted by Crippen LogP contribution is -2.30. The maximum absolute atomic E-state index is 12.8.